The number of hydrogen-bond donors (Lipinski definition) is 1. The third kappa shape index (κ3) is 2.11. The third-order valence-corrected chi connectivity index (χ3v) is 4.43. The Kier molecular flexibility index (Phi) is 3.05. The maximum Gasteiger partial charge on any atom is 0.167 e. The van der Waals surface area contributed by atoms with Crippen LogP contribution >= 0.6 is 11.3 Å². The van der Waals surface area contributed by atoms with Crippen molar-refractivity contribution in [3.05, 3.63) is 48.9 Å². The van der Waals surface area contributed by atoms with E-state index in [4.69, 9.17) is 4.98 Å². The van der Waals surface area contributed by atoms with Crippen molar-refractivity contribution < 1.29 is 0 Å². The molecule has 0 atom stereocenters. The molecule has 0 saturated heterocycles. The van der Waals surface area contributed by atoms with E-state index in [0.717, 1.165) is 32.7 Å². The van der Waals surface area contributed by atoms with E-state index in [0.29, 0.717) is 0 Å². The number of aromatic nitrogens is 6. The number of hydrogen-bond acceptors (Lipinski definition) is 5. The molecule has 0 spiro atoms. The first kappa shape index (κ1) is 12.9. The van der Waals surface area contributed by atoms with Crippen LogP contribution in [0.5, 0.6) is 0 Å². The number of H-pyrrole nitrogens is 1. The fraction of sp³-hybridized carbons (Fsp3) is 0.0667. The summed E-state index contributed by atoms with van der Waals surface area (Å²) in [6.07, 6.45) is 3.28. The Hall–Kier alpha value is -2.80. The van der Waals surface area contributed by atoms with E-state index >= 15 is 0 Å². The van der Waals surface area contributed by atoms with Gasteiger partial charge in [-0.15, -0.1) is 11.3 Å². The first-order valence-corrected chi connectivity index (χ1v) is 7.55. The largest absolute Gasteiger partial charge is 0.266 e. The molecule has 1 aromatic carbocycles. The van der Waals surface area contributed by atoms with Crippen molar-refractivity contribution in [1.82, 2.24) is 29.9 Å². The number of nitrogens with one attached hydrogen (secondary N) is 1. The average molecular weight is 308 g/mol. The van der Waals surface area contributed by atoms with E-state index in [1.54, 1.807) is 17.5 Å². The maximum atomic E-state index is 4.81. The van der Waals surface area contributed by atoms with Crippen LogP contribution in [-0.2, 0) is 7.05 Å². The standard InChI is InChI=1S/C15H12N6S/c1-21-11(7-8-18-21)15-19-12(10-5-3-2-4-6-10)13(22-15)14-16-9-17-20-14/h2-9H,1H3,(H,16,17,20). The number of aryl methyl sites for hydroxylation is 1. The van der Waals surface area contributed by atoms with Crippen LogP contribution in [0, 0.1) is 0 Å². The highest BCUT2D eigenvalue weighted by atomic mass is 32.1. The van der Waals surface area contributed by atoms with Crippen molar-refractivity contribution in [3.63, 3.8) is 0 Å². The van der Waals surface area contributed by atoms with Gasteiger partial charge in [0.2, 0.25) is 0 Å². The molecule has 0 aliphatic rings. The van der Waals surface area contributed by atoms with Crippen LogP contribution in [0.3, 0.4) is 0 Å². The number of aromatic amines is 1. The number of benzene rings is 1. The van der Waals surface area contributed by atoms with E-state index in [2.05, 4.69) is 20.3 Å². The Morgan fingerprint density at radius 1 is 1.14 bits per heavy atom. The summed E-state index contributed by atoms with van der Waals surface area (Å²) >= 11 is 1.58. The highest BCUT2D eigenvalue weighted by Crippen LogP contribution is 2.38. The Morgan fingerprint density at radius 2 is 2.00 bits per heavy atom. The fourth-order valence-corrected chi connectivity index (χ4v) is 3.37. The summed E-state index contributed by atoms with van der Waals surface area (Å²) in [5, 5.41) is 12.0. The summed E-state index contributed by atoms with van der Waals surface area (Å²) in [6.45, 7) is 0. The first-order chi connectivity index (χ1) is 10.8. The number of thiazole rings is 1. The van der Waals surface area contributed by atoms with Crippen molar-refractivity contribution in [2.24, 2.45) is 7.05 Å². The normalized spacial score (nSPS) is 11.0. The van der Waals surface area contributed by atoms with Gasteiger partial charge < -0.3 is 0 Å². The predicted octanol–water partition coefficient (Wildman–Crippen LogP) is 3.00. The van der Waals surface area contributed by atoms with Crippen LogP contribution < -0.4 is 0 Å². The molecule has 0 unspecified atom stereocenters. The smallest absolute Gasteiger partial charge is 0.167 e. The zero-order valence-corrected chi connectivity index (χ0v) is 12.6. The van der Waals surface area contributed by atoms with Gasteiger partial charge >= 0.3 is 0 Å². The van der Waals surface area contributed by atoms with Gasteiger partial charge in [0.25, 0.3) is 0 Å². The van der Waals surface area contributed by atoms with Crippen LogP contribution in [0.25, 0.3) is 32.7 Å². The summed E-state index contributed by atoms with van der Waals surface area (Å²) in [6, 6.07) is 12.0. The van der Waals surface area contributed by atoms with Crippen LogP contribution in [-0.4, -0.2) is 29.9 Å². The SMILES string of the molecule is Cn1nccc1-c1nc(-c2ccccc2)c(-c2ncn[nH]2)s1. The summed E-state index contributed by atoms with van der Waals surface area (Å²) in [5.41, 5.74) is 2.94. The average Bonchev–Trinajstić information content (AvgIpc) is 3.27. The molecular formula is C15H12N6S. The van der Waals surface area contributed by atoms with Crippen molar-refractivity contribution >= 4 is 11.3 Å². The molecule has 0 fully saturated rings. The van der Waals surface area contributed by atoms with Gasteiger partial charge in [-0.1, -0.05) is 30.3 Å². The topological polar surface area (TPSA) is 72.3 Å². The highest BCUT2D eigenvalue weighted by molar-refractivity contribution is 7.18. The molecule has 108 valence electrons. The maximum absolute atomic E-state index is 4.81. The molecule has 1 N–H and O–H groups in total. The molecular weight excluding hydrogens is 296 g/mol. The van der Waals surface area contributed by atoms with Gasteiger partial charge in [0.15, 0.2) is 5.82 Å². The Morgan fingerprint density at radius 3 is 2.68 bits per heavy atom. The lowest BCUT2D eigenvalue weighted by molar-refractivity contribution is 0.775. The van der Waals surface area contributed by atoms with Gasteiger partial charge in [0.05, 0.1) is 16.3 Å². The van der Waals surface area contributed by atoms with E-state index in [1.807, 2.05) is 48.1 Å². The minimum Gasteiger partial charge on any atom is -0.266 e. The minimum absolute atomic E-state index is 0.727. The van der Waals surface area contributed by atoms with E-state index < -0.39 is 0 Å². The molecule has 22 heavy (non-hydrogen) atoms. The zero-order chi connectivity index (χ0) is 14.9. The fourth-order valence-electron chi connectivity index (χ4n) is 2.28. The van der Waals surface area contributed by atoms with E-state index in [9.17, 15) is 0 Å². The van der Waals surface area contributed by atoms with Crippen LogP contribution in [0.1, 0.15) is 0 Å². The lowest BCUT2D eigenvalue weighted by Gasteiger charge is -1.99. The van der Waals surface area contributed by atoms with Crippen LogP contribution in [0.15, 0.2) is 48.9 Å². The van der Waals surface area contributed by atoms with Crippen LogP contribution in [0.4, 0.5) is 0 Å². The molecule has 3 aromatic heterocycles. The van der Waals surface area contributed by atoms with Crippen molar-refractivity contribution in [3.8, 4) is 32.7 Å². The quantitative estimate of drug-likeness (QED) is 0.631. The van der Waals surface area contributed by atoms with E-state index in [-0.39, 0.29) is 0 Å². The number of rotatable bonds is 3. The molecule has 3 heterocycles. The Bertz CT molecular complexity index is 891. The second kappa shape index (κ2) is 5.19. The van der Waals surface area contributed by atoms with E-state index in [1.165, 1.54) is 6.33 Å². The molecule has 7 heteroatoms. The summed E-state index contributed by atoms with van der Waals surface area (Å²) in [5.74, 6) is 0.727. The molecule has 4 rings (SSSR count). The molecule has 0 aliphatic carbocycles. The third-order valence-electron chi connectivity index (χ3n) is 3.34. The molecule has 4 aromatic rings. The van der Waals surface area contributed by atoms with Crippen molar-refractivity contribution in [2.75, 3.05) is 0 Å². The summed E-state index contributed by atoms with van der Waals surface area (Å²) < 4.78 is 1.82. The summed E-state index contributed by atoms with van der Waals surface area (Å²) in [4.78, 5) is 10.1. The van der Waals surface area contributed by atoms with Gasteiger partial charge in [-0.25, -0.2) is 9.97 Å². The van der Waals surface area contributed by atoms with Gasteiger partial charge in [0.1, 0.15) is 11.3 Å². The first-order valence-electron chi connectivity index (χ1n) is 6.73. The van der Waals surface area contributed by atoms with Gasteiger partial charge in [-0.2, -0.15) is 10.2 Å². The summed E-state index contributed by atoms with van der Waals surface area (Å²) in [7, 11) is 1.91. The molecule has 0 aliphatic heterocycles. The Labute approximate surface area is 130 Å². The lowest BCUT2D eigenvalue weighted by atomic mass is 10.1. The second-order valence-corrected chi connectivity index (χ2v) is 5.74. The molecule has 0 radical (unpaired) electrons. The molecule has 0 saturated carbocycles. The molecule has 6 nitrogen and oxygen atoms in total. The highest BCUT2D eigenvalue weighted by Gasteiger charge is 2.19. The minimum atomic E-state index is 0.727. The molecule has 0 amide bonds. The second-order valence-electron chi connectivity index (χ2n) is 4.74. The van der Waals surface area contributed by atoms with Gasteiger partial charge in [-0.05, 0) is 6.07 Å². The monoisotopic (exact) mass is 308 g/mol. The number of nitrogens with zero attached hydrogens (tertiary/aromatic N) is 5. The zero-order valence-electron chi connectivity index (χ0n) is 11.8. The Balaban J connectivity index is 1.93. The lowest BCUT2D eigenvalue weighted by Crippen LogP contribution is -1.92. The van der Waals surface area contributed by atoms with Crippen LogP contribution in [0.2, 0.25) is 0 Å². The van der Waals surface area contributed by atoms with Gasteiger partial charge in [0, 0.05) is 18.8 Å². The predicted molar refractivity (Wildman–Crippen MR) is 85.1 cm³/mol. The van der Waals surface area contributed by atoms with Crippen molar-refractivity contribution in [2.45, 2.75) is 0 Å². The van der Waals surface area contributed by atoms with Gasteiger partial charge in [-0.3, -0.25) is 9.78 Å². The van der Waals surface area contributed by atoms with Crippen molar-refractivity contribution in [1.29, 1.82) is 0 Å². The molecule has 0 bridgehead atoms.